The summed E-state index contributed by atoms with van der Waals surface area (Å²) in [6.07, 6.45) is 6.99. The van der Waals surface area contributed by atoms with Crippen LogP contribution in [0.4, 0.5) is 0 Å². The molecule has 1 saturated carbocycles. The van der Waals surface area contributed by atoms with Gasteiger partial charge < -0.3 is 10.2 Å². The Bertz CT molecular complexity index is 141. The summed E-state index contributed by atoms with van der Waals surface area (Å²) in [6.45, 7) is 6.79. The molecule has 1 N–H and O–H groups in total. The fraction of sp³-hybridized carbons (Fsp3) is 1.00. The van der Waals surface area contributed by atoms with Gasteiger partial charge in [0.05, 0.1) is 0 Å². The smallest absolute Gasteiger partial charge is 0.00950 e. The van der Waals surface area contributed by atoms with Crippen LogP contribution in [0.25, 0.3) is 0 Å². The molecule has 0 saturated heterocycles. The number of hydrogen-bond donors (Lipinski definition) is 1. The van der Waals surface area contributed by atoms with Crippen LogP contribution in [0.3, 0.4) is 0 Å². The largest absolute Gasteiger partial charge is 0.317 e. The van der Waals surface area contributed by atoms with Crippen LogP contribution in [0.15, 0.2) is 0 Å². The number of nitrogens with zero attached hydrogens (tertiary/aromatic N) is 1. The Morgan fingerprint density at radius 3 is 2.57 bits per heavy atom. The van der Waals surface area contributed by atoms with Crippen LogP contribution in [0.1, 0.15) is 46.0 Å². The monoisotopic (exact) mass is 198 g/mol. The molecule has 14 heavy (non-hydrogen) atoms. The van der Waals surface area contributed by atoms with E-state index in [1.54, 1.807) is 0 Å². The zero-order valence-corrected chi connectivity index (χ0v) is 10.1. The van der Waals surface area contributed by atoms with Crippen LogP contribution in [-0.4, -0.2) is 37.1 Å². The number of rotatable bonds is 6. The molecule has 0 bridgehead atoms. The summed E-state index contributed by atoms with van der Waals surface area (Å²) in [4.78, 5) is 2.59. The van der Waals surface area contributed by atoms with Crippen molar-refractivity contribution in [3.05, 3.63) is 0 Å². The fourth-order valence-electron chi connectivity index (χ4n) is 2.36. The summed E-state index contributed by atoms with van der Waals surface area (Å²) in [6, 6.07) is 1.60. The van der Waals surface area contributed by atoms with Crippen molar-refractivity contribution in [1.82, 2.24) is 10.2 Å². The van der Waals surface area contributed by atoms with Gasteiger partial charge in [0.1, 0.15) is 0 Å². The zero-order chi connectivity index (χ0) is 10.4. The molecule has 1 rings (SSSR count). The predicted octanol–water partition coefficient (Wildman–Crippen LogP) is 2.25. The maximum atomic E-state index is 3.40. The lowest BCUT2D eigenvalue weighted by atomic mass is 10.1. The summed E-state index contributed by atoms with van der Waals surface area (Å²) in [5.74, 6) is 0. The van der Waals surface area contributed by atoms with E-state index in [9.17, 15) is 0 Å². The molecular weight excluding hydrogens is 172 g/mol. The second-order valence-electron chi connectivity index (χ2n) is 4.59. The van der Waals surface area contributed by atoms with Gasteiger partial charge in [-0.05, 0) is 46.3 Å². The average Bonchev–Trinajstić information content (AvgIpc) is 2.69. The van der Waals surface area contributed by atoms with Gasteiger partial charge in [-0.15, -0.1) is 0 Å². The molecule has 84 valence electrons. The Balaban J connectivity index is 2.17. The molecule has 0 aromatic carbocycles. The Labute approximate surface area is 89.1 Å². The molecule has 2 heteroatoms. The molecule has 0 heterocycles. The van der Waals surface area contributed by atoms with Gasteiger partial charge >= 0.3 is 0 Å². The Kier molecular flexibility index (Phi) is 5.49. The van der Waals surface area contributed by atoms with E-state index >= 15 is 0 Å². The standard InChI is InChI=1S/C12H26N2/c1-4-13-10-9-11(2)14(3)12-7-5-6-8-12/h11-13H,4-10H2,1-3H3. The summed E-state index contributed by atoms with van der Waals surface area (Å²) in [5.41, 5.74) is 0. The first-order valence-corrected chi connectivity index (χ1v) is 6.18. The van der Waals surface area contributed by atoms with Gasteiger partial charge in [-0.3, -0.25) is 0 Å². The van der Waals surface area contributed by atoms with Crippen molar-refractivity contribution in [2.45, 2.75) is 58.0 Å². The van der Waals surface area contributed by atoms with Gasteiger partial charge in [-0.25, -0.2) is 0 Å². The summed E-state index contributed by atoms with van der Waals surface area (Å²) in [5, 5.41) is 3.40. The van der Waals surface area contributed by atoms with Crippen LogP contribution in [0, 0.1) is 0 Å². The number of hydrogen-bond acceptors (Lipinski definition) is 2. The Hall–Kier alpha value is -0.0800. The summed E-state index contributed by atoms with van der Waals surface area (Å²) >= 11 is 0. The van der Waals surface area contributed by atoms with Crippen LogP contribution < -0.4 is 5.32 Å². The molecule has 1 fully saturated rings. The highest BCUT2D eigenvalue weighted by Gasteiger charge is 2.22. The minimum Gasteiger partial charge on any atom is -0.317 e. The van der Waals surface area contributed by atoms with Crippen LogP contribution in [0.5, 0.6) is 0 Å². The highest BCUT2D eigenvalue weighted by atomic mass is 15.2. The quantitative estimate of drug-likeness (QED) is 0.659. The SMILES string of the molecule is CCNCCC(C)N(C)C1CCCC1. The maximum absolute atomic E-state index is 3.40. The van der Waals surface area contributed by atoms with E-state index in [0.717, 1.165) is 25.2 Å². The van der Waals surface area contributed by atoms with Crippen molar-refractivity contribution in [3.8, 4) is 0 Å². The van der Waals surface area contributed by atoms with Crippen LogP contribution in [0.2, 0.25) is 0 Å². The first-order valence-electron chi connectivity index (χ1n) is 6.18. The van der Waals surface area contributed by atoms with Gasteiger partial charge in [0.15, 0.2) is 0 Å². The highest BCUT2D eigenvalue weighted by molar-refractivity contribution is 4.78. The molecule has 1 atom stereocenters. The topological polar surface area (TPSA) is 15.3 Å². The molecule has 1 unspecified atom stereocenters. The van der Waals surface area contributed by atoms with Gasteiger partial charge in [-0.2, -0.15) is 0 Å². The first kappa shape index (κ1) is 12.0. The van der Waals surface area contributed by atoms with Crippen molar-refractivity contribution in [3.63, 3.8) is 0 Å². The number of nitrogens with one attached hydrogen (secondary N) is 1. The highest BCUT2D eigenvalue weighted by Crippen LogP contribution is 2.24. The van der Waals surface area contributed by atoms with Gasteiger partial charge in [0.25, 0.3) is 0 Å². The van der Waals surface area contributed by atoms with Gasteiger partial charge in [0, 0.05) is 12.1 Å². The third-order valence-corrected chi connectivity index (χ3v) is 3.58. The predicted molar refractivity (Wildman–Crippen MR) is 62.6 cm³/mol. The minimum atomic E-state index is 0.733. The minimum absolute atomic E-state index is 0.733. The first-order chi connectivity index (χ1) is 6.75. The average molecular weight is 198 g/mol. The van der Waals surface area contributed by atoms with Crippen LogP contribution >= 0.6 is 0 Å². The lowest BCUT2D eigenvalue weighted by Crippen LogP contribution is -2.38. The van der Waals surface area contributed by atoms with Crippen LogP contribution in [-0.2, 0) is 0 Å². The van der Waals surface area contributed by atoms with E-state index in [2.05, 4.69) is 31.1 Å². The van der Waals surface area contributed by atoms with Crippen molar-refractivity contribution in [2.24, 2.45) is 0 Å². The van der Waals surface area contributed by atoms with Gasteiger partial charge in [-0.1, -0.05) is 19.8 Å². The third-order valence-electron chi connectivity index (χ3n) is 3.58. The second kappa shape index (κ2) is 6.41. The molecule has 0 radical (unpaired) electrons. The van der Waals surface area contributed by atoms with Crippen molar-refractivity contribution in [2.75, 3.05) is 20.1 Å². The summed E-state index contributed by atoms with van der Waals surface area (Å²) in [7, 11) is 2.30. The van der Waals surface area contributed by atoms with Gasteiger partial charge in [0.2, 0.25) is 0 Å². The zero-order valence-electron chi connectivity index (χ0n) is 10.1. The van der Waals surface area contributed by atoms with E-state index in [0.29, 0.717) is 0 Å². The molecule has 1 aliphatic rings. The Morgan fingerprint density at radius 2 is 2.00 bits per heavy atom. The van der Waals surface area contributed by atoms with E-state index in [4.69, 9.17) is 0 Å². The molecular formula is C12H26N2. The molecule has 0 amide bonds. The maximum Gasteiger partial charge on any atom is 0.00950 e. The molecule has 0 aromatic rings. The van der Waals surface area contributed by atoms with E-state index in [1.807, 2.05) is 0 Å². The molecule has 1 aliphatic carbocycles. The molecule has 0 aliphatic heterocycles. The van der Waals surface area contributed by atoms with Crippen molar-refractivity contribution >= 4 is 0 Å². The van der Waals surface area contributed by atoms with Crippen molar-refractivity contribution in [1.29, 1.82) is 0 Å². The lowest BCUT2D eigenvalue weighted by molar-refractivity contribution is 0.178. The van der Waals surface area contributed by atoms with E-state index in [-0.39, 0.29) is 0 Å². The lowest BCUT2D eigenvalue weighted by Gasteiger charge is -2.30. The fourth-order valence-corrected chi connectivity index (χ4v) is 2.36. The Morgan fingerprint density at radius 1 is 1.36 bits per heavy atom. The third kappa shape index (κ3) is 3.58. The van der Waals surface area contributed by atoms with E-state index < -0.39 is 0 Å². The van der Waals surface area contributed by atoms with E-state index in [1.165, 1.54) is 32.1 Å². The molecule has 0 aromatic heterocycles. The normalized spacial score (nSPS) is 20.6. The summed E-state index contributed by atoms with van der Waals surface area (Å²) < 4.78 is 0. The molecule has 2 nitrogen and oxygen atoms in total. The van der Waals surface area contributed by atoms with Crippen molar-refractivity contribution < 1.29 is 0 Å². The second-order valence-corrected chi connectivity index (χ2v) is 4.59. The molecule has 0 spiro atoms.